The van der Waals surface area contributed by atoms with Crippen LogP contribution in [0.3, 0.4) is 0 Å². The van der Waals surface area contributed by atoms with Crippen molar-refractivity contribution in [3.05, 3.63) is 35.4 Å². The van der Waals surface area contributed by atoms with Crippen molar-refractivity contribution in [2.75, 3.05) is 31.9 Å². The van der Waals surface area contributed by atoms with E-state index < -0.39 is 10.0 Å². The minimum absolute atomic E-state index is 0.0590. The number of benzene rings is 1. The third-order valence-corrected chi connectivity index (χ3v) is 5.79. The smallest absolute Gasteiger partial charge is 0.215 e. The third kappa shape index (κ3) is 6.49. The van der Waals surface area contributed by atoms with Gasteiger partial charge >= 0.3 is 0 Å². The predicted molar refractivity (Wildman–Crippen MR) is 101 cm³/mol. The molecule has 0 atom stereocenters. The fourth-order valence-electron chi connectivity index (χ4n) is 2.34. The summed E-state index contributed by atoms with van der Waals surface area (Å²) in [6.45, 7) is 10.4. The summed E-state index contributed by atoms with van der Waals surface area (Å²) in [6, 6.07) is 8.11. The maximum atomic E-state index is 12.2. The molecule has 0 heterocycles. The maximum absolute atomic E-state index is 12.2. The molecule has 0 saturated carbocycles. The number of hydrogen-bond donors (Lipinski definition) is 2. The van der Waals surface area contributed by atoms with Gasteiger partial charge in [-0.2, -0.15) is 0 Å². The lowest BCUT2D eigenvalue weighted by atomic mass is 10.1. The minimum atomic E-state index is -3.22. The number of nitrogens with one attached hydrogen (secondary N) is 2. The van der Waals surface area contributed by atoms with Crippen LogP contribution >= 0.6 is 0 Å². The van der Waals surface area contributed by atoms with Crippen molar-refractivity contribution in [3.8, 4) is 0 Å². The summed E-state index contributed by atoms with van der Waals surface area (Å²) in [6.07, 6.45) is 0. The SMILES string of the molecule is CCNC(=NCc1ccccc1C)NCCS(=O)(=O)N(CC)CC. The highest BCUT2D eigenvalue weighted by Gasteiger charge is 2.18. The summed E-state index contributed by atoms with van der Waals surface area (Å²) >= 11 is 0. The Balaban J connectivity index is 2.63. The summed E-state index contributed by atoms with van der Waals surface area (Å²) in [7, 11) is -3.22. The Morgan fingerprint density at radius 2 is 1.79 bits per heavy atom. The number of nitrogens with zero attached hydrogens (tertiary/aromatic N) is 2. The maximum Gasteiger partial charge on any atom is 0.215 e. The molecule has 2 N–H and O–H groups in total. The molecule has 7 heteroatoms. The van der Waals surface area contributed by atoms with E-state index in [4.69, 9.17) is 0 Å². The first-order valence-corrected chi connectivity index (χ1v) is 10.1. The Hall–Kier alpha value is -1.60. The van der Waals surface area contributed by atoms with Crippen LogP contribution in [0.25, 0.3) is 0 Å². The lowest BCUT2D eigenvalue weighted by Crippen LogP contribution is -2.42. The number of guanidine groups is 1. The number of rotatable bonds is 9. The van der Waals surface area contributed by atoms with Crippen molar-refractivity contribution >= 4 is 16.0 Å². The monoisotopic (exact) mass is 354 g/mol. The molecule has 1 rings (SSSR count). The molecule has 6 nitrogen and oxygen atoms in total. The summed E-state index contributed by atoms with van der Waals surface area (Å²) in [5, 5.41) is 6.25. The first-order chi connectivity index (χ1) is 11.4. The highest BCUT2D eigenvalue weighted by Crippen LogP contribution is 2.07. The lowest BCUT2D eigenvalue weighted by Gasteiger charge is -2.19. The first kappa shape index (κ1) is 20.4. The van der Waals surface area contributed by atoms with Crippen LogP contribution in [0.2, 0.25) is 0 Å². The predicted octanol–water partition coefficient (Wildman–Crippen LogP) is 1.72. The van der Waals surface area contributed by atoms with Crippen LogP contribution in [-0.2, 0) is 16.6 Å². The topological polar surface area (TPSA) is 73.8 Å². The second-order valence-corrected chi connectivity index (χ2v) is 7.54. The van der Waals surface area contributed by atoms with E-state index in [0.717, 1.165) is 12.1 Å². The van der Waals surface area contributed by atoms with Crippen molar-refractivity contribution in [1.82, 2.24) is 14.9 Å². The van der Waals surface area contributed by atoms with E-state index in [1.165, 1.54) is 9.87 Å². The van der Waals surface area contributed by atoms with Crippen LogP contribution in [0, 0.1) is 6.92 Å². The molecule has 0 spiro atoms. The Morgan fingerprint density at radius 1 is 1.12 bits per heavy atom. The fourth-order valence-corrected chi connectivity index (χ4v) is 3.74. The normalized spacial score (nSPS) is 12.5. The molecule has 1 aromatic carbocycles. The number of hydrogen-bond acceptors (Lipinski definition) is 3. The largest absolute Gasteiger partial charge is 0.357 e. The van der Waals surface area contributed by atoms with Crippen LogP contribution in [-0.4, -0.2) is 50.6 Å². The van der Waals surface area contributed by atoms with Crippen molar-refractivity contribution in [2.24, 2.45) is 4.99 Å². The number of aliphatic imine (C=N–C) groups is 1. The molecule has 0 unspecified atom stereocenters. The average Bonchev–Trinajstić information content (AvgIpc) is 2.54. The third-order valence-electron chi connectivity index (χ3n) is 3.76. The number of aryl methyl sites for hydroxylation is 1. The zero-order valence-electron chi connectivity index (χ0n) is 15.2. The van der Waals surface area contributed by atoms with E-state index in [-0.39, 0.29) is 5.75 Å². The van der Waals surface area contributed by atoms with Crippen molar-refractivity contribution in [3.63, 3.8) is 0 Å². The van der Waals surface area contributed by atoms with Gasteiger partial charge in [0.05, 0.1) is 12.3 Å². The highest BCUT2D eigenvalue weighted by molar-refractivity contribution is 7.89. The molecule has 0 amide bonds. The van der Waals surface area contributed by atoms with Crippen molar-refractivity contribution in [1.29, 1.82) is 0 Å². The van der Waals surface area contributed by atoms with Gasteiger partial charge in [0.2, 0.25) is 10.0 Å². The van der Waals surface area contributed by atoms with E-state index in [1.807, 2.05) is 39.0 Å². The molecule has 0 aliphatic carbocycles. The van der Waals surface area contributed by atoms with Crippen LogP contribution < -0.4 is 10.6 Å². The summed E-state index contributed by atoms with van der Waals surface area (Å²) in [5.41, 5.74) is 2.35. The first-order valence-electron chi connectivity index (χ1n) is 8.49. The van der Waals surface area contributed by atoms with Crippen LogP contribution in [0.15, 0.2) is 29.3 Å². The highest BCUT2D eigenvalue weighted by atomic mass is 32.2. The molecule has 0 radical (unpaired) electrons. The van der Waals surface area contributed by atoms with Crippen LogP contribution in [0.1, 0.15) is 31.9 Å². The quantitative estimate of drug-likeness (QED) is 0.523. The standard InChI is InChI=1S/C17H30N4O2S/c1-5-18-17(20-14-16-11-9-8-10-15(16)4)19-12-13-24(22,23)21(6-2)7-3/h8-11H,5-7,12-14H2,1-4H3,(H2,18,19,20). The second kappa shape index (κ2) is 10.3. The average molecular weight is 355 g/mol. The van der Waals surface area contributed by atoms with Gasteiger partial charge in [-0.3, -0.25) is 0 Å². The van der Waals surface area contributed by atoms with E-state index >= 15 is 0 Å². The van der Waals surface area contributed by atoms with Gasteiger partial charge in [0.15, 0.2) is 5.96 Å². The van der Waals surface area contributed by atoms with Gasteiger partial charge in [-0.15, -0.1) is 0 Å². The summed E-state index contributed by atoms with van der Waals surface area (Å²) < 4.78 is 25.8. The van der Waals surface area contributed by atoms with Crippen LogP contribution in [0.4, 0.5) is 0 Å². The molecule has 0 bridgehead atoms. The zero-order chi connectivity index (χ0) is 18.0. The van der Waals surface area contributed by atoms with Gasteiger partial charge in [-0.05, 0) is 25.0 Å². The van der Waals surface area contributed by atoms with Crippen molar-refractivity contribution in [2.45, 2.75) is 34.2 Å². The Labute approximate surface area is 146 Å². The van der Waals surface area contributed by atoms with Crippen molar-refractivity contribution < 1.29 is 8.42 Å². The molecule has 0 aliphatic rings. The van der Waals surface area contributed by atoms with Gasteiger partial charge in [0, 0.05) is 26.2 Å². The lowest BCUT2D eigenvalue weighted by molar-refractivity contribution is 0.445. The van der Waals surface area contributed by atoms with E-state index in [0.29, 0.717) is 32.1 Å². The molecule has 0 aliphatic heterocycles. The molecule has 0 aromatic heterocycles. The Bertz CT molecular complexity index is 625. The molecule has 0 fully saturated rings. The van der Waals surface area contributed by atoms with E-state index in [1.54, 1.807) is 0 Å². The van der Waals surface area contributed by atoms with E-state index in [9.17, 15) is 8.42 Å². The Morgan fingerprint density at radius 3 is 2.38 bits per heavy atom. The molecule has 0 saturated heterocycles. The van der Waals surface area contributed by atoms with Gasteiger partial charge in [-0.25, -0.2) is 17.7 Å². The van der Waals surface area contributed by atoms with E-state index in [2.05, 4.69) is 28.6 Å². The summed E-state index contributed by atoms with van der Waals surface area (Å²) in [5.74, 6) is 0.694. The molecule has 136 valence electrons. The zero-order valence-corrected chi connectivity index (χ0v) is 16.0. The van der Waals surface area contributed by atoms with Gasteiger partial charge < -0.3 is 10.6 Å². The van der Waals surface area contributed by atoms with Gasteiger partial charge in [0.1, 0.15) is 0 Å². The second-order valence-electron chi connectivity index (χ2n) is 5.45. The molecule has 1 aromatic rings. The summed E-state index contributed by atoms with van der Waals surface area (Å²) in [4.78, 5) is 4.54. The Kier molecular flexibility index (Phi) is 8.78. The molecular formula is C17H30N4O2S. The van der Waals surface area contributed by atoms with Gasteiger partial charge in [0.25, 0.3) is 0 Å². The molecular weight excluding hydrogens is 324 g/mol. The minimum Gasteiger partial charge on any atom is -0.357 e. The van der Waals surface area contributed by atoms with Gasteiger partial charge in [-0.1, -0.05) is 38.1 Å². The molecule has 24 heavy (non-hydrogen) atoms. The van der Waals surface area contributed by atoms with Crippen LogP contribution in [0.5, 0.6) is 0 Å². The number of sulfonamides is 1. The fraction of sp³-hybridized carbons (Fsp3) is 0.588.